The van der Waals surface area contributed by atoms with E-state index >= 15 is 0 Å². The molecule has 0 bridgehead atoms. The molecule has 0 atom stereocenters. The summed E-state index contributed by atoms with van der Waals surface area (Å²) in [5.41, 5.74) is 10.00. The van der Waals surface area contributed by atoms with Crippen molar-refractivity contribution in [3.63, 3.8) is 0 Å². The van der Waals surface area contributed by atoms with E-state index in [1.54, 1.807) is 0 Å². The molecule has 0 aliphatic rings. The maximum Gasteiger partial charge on any atom is 0.100 e. The Morgan fingerprint density at radius 2 is 0.922 bits per heavy atom. The smallest absolute Gasteiger partial charge is 0.100 e. The van der Waals surface area contributed by atoms with Crippen LogP contribution in [0.1, 0.15) is 16.7 Å². The zero-order valence-electron chi connectivity index (χ0n) is 27.3. The van der Waals surface area contributed by atoms with Gasteiger partial charge in [0.2, 0.25) is 0 Å². The van der Waals surface area contributed by atoms with E-state index in [9.17, 15) is 15.8 Å². The number of para-hydroxylation sites is 1. The molecule has 0 spiro atoms. The second-order valence-electron chi connectivity index (χ2n) is 12.6. The van der Waals surface area contributed by atoms with Crippen molar-refractivity contribution in [1.29, 1.82) is 15.8 Å². The number of rotatable bonds is 4. The topological polar surface area (TPSA) is 76.3 Å². The van der Waals surface area contributed by atoms with Crippen LogP contribution in [0.3, 0.4) is 0 Å². The summed E-state index contributed by atoms with van der Waals surface area (Å²) >= 11 is 0. The summed E-state index contributed by atoms with van der Waals surface area (Å²) in [4.78, 5) is 0. The molecule has 9 rings (SSSR count). The normalized spacial score (nSPS) is 11.1. The number of fused-ring (bicyclic) bond motifs is 5. The van der Waals surface area contributed by atoms with E-state index in [1.165, 1.54) is 0 Å². The van der Waals surface area contributed by atoms with Crippen molar-refractivity contribution in [2.45, 2.75) is 0 Å². The molecule has 0 aliphatic carbocycles. The average molecular weight is 647 g/mol. The monoisotopic (exact) mass is 646 g/mol. The minimum atomic E-state index is 0.499. The van der Waals surface area contributed by atoms with Crippen molar-refractivity contribution in [2.24, 2.45) is 0 Å². The maximum atomic E-state index is 11.1. The highest BCUT2D eigenvalue weighted by Gasteiger charge is 2.23. The minimum absolute atomic E-state index is 0.499. The van der Waals surface area contributed by atoms with Crippen LogP contribution < -0.4 is 0 Å². The Kier molecular flexibility index (Phi) is 6.93. The summed E-state index contributed by atoms with van der Waals surface area (Å²) < 4.78 is 2.18. The molecule has 0 fully saturated rings. The number of hydrogen-bond donors (Lipinski definition) is 0. The molecule has 1 aromatic heterocycles. The Labute approximate surface area is 294 Å². The van der Waals surface area contributed by atoms with Crippen LogP contribution in [0.2, 0.25) is 0 Å². The fourth-order valence-electron chi connectivity index (χ4n) is 7.76. The summed E-state index contributed by atoms with van der Waals surface area (Å²) in [5.74, 6) is 0. The van der Waals surface area contributed by atoms with Crippen molar-refractivity contribution in [2.75, 3.05) is 0 Å². The molecule has 4 nitrogen and oxygen atoms in total. The Morgan fingerprint density at radius 3 is 1.59 bits per heavy atom. The summed E-state index contributed by atoms with van der Waals surface area (Å²) in [6, 6.07) is 60.1. The molecule has 0 N–H and O–H groups in total. The molecule has 0 saturated carbocycles. The van der Waals surface area contributed by atoms with Crippen LogP contribution in [-0.4, -0.2) is 4.57 Å². The van der Waals surface area contributed by atoms with Gasteiger partial charge in [-0.1, -0.05) is 115 Å². The van der Waals surface area contributed by atoms with Crippen LogP contribution in [0.5, 0.6) is 0 Å². The molecule has 0 radical (unpaired) electrons. The van der Waals surface area contributed by atoms with Gasteiger partial charge in [-0.25, -0.2) is 0 Å². The zero-order valence-corrected chi connectivity index (χ0v) is 27.3. The Bertz CT molecular complexity index is 2940. The van der Waals surface area contributed by atoms with Gasteiger partial charge < -0.3 is 4.57 Å². The molecule has 0 amide bonds. The molecular formula is C47H26N4. The van der Waals surface area contributed by atoms with Crippen molar-refractivity contribution in [1.82, 2.24) is 4.57 Å². The number of nitrogens with zero attached hydrogens (tertiary/aromatic N) is 4. The predicted molar refractivity (Wildman–Crippen MR) is 206 cm³/mol. The van der Waals surface area contributed by atoms with Crippen LogP contribution in [0.4, 0.5) is 0 Å². The van der Waals surface area contributed by atoms with Gasteiger partial charge >= 0.3 is 0 Å². The van der Waals surface area contributed by atoms with E-state index in [0.29, 0.717) is 16.7 Å². The van der Waals surface area contributed by atoms with Gasteiger partial charge in [0, 0.05) is 27.5 Å². The third-order valence-electron chi connectivity index (χ3n) is 9.90. The van der Waals surface area contributed by atoms with Gasteiger partial charge in [-0.05, 0) is 80.7 Å². The third kappa shape index (κ3) is 4.58. The summed E-state index contributed by atoms with van der Waals surface area (Å²) in [6.45, 7) is 0. The van der Waals surface area contributed by atoms with E-state index in [0.717, 1.165) is 82.4 Å². The van der Waals surface area contributed by atoms with Gasteiger partial charge in [0.05, 0.1) is 45.5 Å². The first-order chi connectivity index (χ1) is 25.2. The third-order valence-corrected chi connectivity index (χ3v) is 9.90. The van der Waals surface area contributed by atoms with Crippen molar-refractivity contribution >= 4 is 43.4 Å². The van der Waals surface area contributed by atoms with E-state index in [4.69, 9.17) is 0 Å². The number of aromatic nitrogens is 1. The highest BCUT2D eigenvalue weighted by molar-refractivity contribution is 6.22. The SMILES string of the molecule is N#Cc1ccc(-n2c3ccccc3c3cc(C#N)ccc32)c(-c2cccc(-c3c4ccccc4c(-c4ccccc4)c4ccccc34)c2C#N)c1. The number of hydrogen-bond acceptors (Lipinski definition) is 3. The molecule has 8 aromatic carbocycles. The fraction of sp³-hybridized carbons (Fsp3) is 0. The lowest BCUT2D eigenvalue weighted by atomic mass is 9.83. The highest BCUT2D eigenvalue weighted by atomic mass is 15.0. The average Bonchev–Trinajstić information content (AvgIpc) is 3.53. The van der Waals surface area contributed by atoms with E-state index < -0.39 is 0 Å². The Balaban J connectivity index is 1.37. The molecule has 0 aliphatic heterocycles. The lowest BCUT2D eigenvalue weighted by molar-refractivity contribution is 1.18. The molecule has 234 valence electrons. The lowest BCUT2D eigenvalue weighted by Gasteiger charge is -2.20. The molecule has 4 heteroatoms. The van der Waals surface area contributed by atoms with Gasteiger partial charge in [0.1, 0.15) is 6.07 Å². The maximum absolute atomic E-state index is 11.1. The van der Waals surface area contributed by atoms with Gasteiger partial charge in [-0.2, -0.15) is 15.8 Å². The summed E-state index contributed by atoms with van der Waals surface area (Å²) in [7, 11) is 0. The first kappa shape index (κ1) is 29.7. The molecule has 0 saturated heterocycles. The van der Waals surface area contributed by atoms with E-state index in [1.807, 2.05) is 72.8 Å². The second-order valence-corrected chi connectivity index (χ2v) is 12.6. The Hall–Kier alpha value is -7.45. The predicted octanol–water partition coefficient (Wildman–Crippen LogP) is 11.7. The summed E-state index contributed by atoms with van der Waals surface area (Å²) in [5, 5.41) is 37.2. The second kappa shape index (κ2) is 11.9. The Morgan fingerprint density at radius 1 is 0.373 bits per heavy atom. The van der Waals surface area contributed by atoms with Gasteiger partial charge in [-0.15, -0.1) is 0 Å². The van der Waals surface area contributed by atoms with Crippen LogP contribution in [-0.2, 0) is 0 Å². The quantitative estimate of drug-likeness (QED) is 0.179. The van der Waals surface area contributed by atoms with Crippen LogP contribution >= 0.6 is 0 Å². The zero-order chi connectivity index (χ0) is 34.5. The summed E-state index contributed by atoms with van der Waals surface area (Å²) in [6.07, 6.45) is 0. The van der Waals surface area contributed by atoms with Gasteiger partial charge in [0.25, 0.3) is 0 Å². The van der Waals surface area contributed by atoms with Gasteiger partial charge in [-0.3, -0.25) is 0 Å². The molecule has 1 heterocycles. The van der Waals surface area contributed by atoms with Crippen molar-refractivity contribution < 1.29 is 0 Å². The standard InChI is InChI=1S/C47H26N4/c48-27-30-21-23-44(51-43-20-9-8-13-34(43)41-26-31(28-49)22-24-45(41)51)40(25-30)33-18-10-19-39(42(33)29-50)47-37-16-6-4-14-35(37)46(32-11-2-1-3-12-32)36-15-5-7-17-38(36)47/h1-26H. The van der Waals surface area contributed by atoms with Gasteiger partial charge in [0.15, 0.2) is 0 Å². The molecule has 0 unspecified atom stereocenters. The van der Waals surface area contributed by atoms with Crippen LogP contribution in [0.25, 0.3) is 82.4 Å². The molecule has 51 heavy (non-hydrogen) atoms. The number of nitriles is 3. The highest BCUT2D eigenvalue weighted by Crippen LogP contribution is 2.46. The first-order valence-electron chi connectivity index (χ1n) is 16.7. The molecule has 9 aromatic rings. The first-order valence-corrected chi connectivity index (χ1v) is 16.7. The van der Waals surface area contributed by atoms with Crippen molar-refractivity contribution in [3.8, 4) is 57.3 Å². The van der Waals surface area contributed by atoms with E-state index in [-0.39, 0.29) is 0 Å². The van der Waals surface area contributed by atoms with Crippen molar-refractivity contribution in [3.05, 3.63) is 174 Å². The lowest BCUT2D eigenvalue weighted by Crippen LogP contribution is -2.00. The molecular weight excluding hydrogens is 621 g/mol. The van der Waals surface area contributed by atoms with E-state index in [2.05, 4.69) is 108 Å². The minimum Gasteiger partial charge on any atom is -0.309 e. The fourth-order valence-corrected chi connectivity index (χ4v) is 7.76. The number of benzene rings is 8. The largest absolute Gasteiger partial charge is 0.309 e. The van der Waals surface area contributed by atoms with Crippen LogP contribution in [0, 0.1) is 34.0 Å². The van der Waals surface area contributed by atoms with Crippen LogP contribution in [0.15, 0.2) is 158 Å².